The Hall–Kier alpha value is -1.20. The van der Waals surface area contributed by atoms with Gasteiger partial charge in [0.15, 0.2) is 0 Å². The summed E-state index contributed by atoms with van der Waals surface area (Å²) in [6.07, 6.45) is -5.44. The number of nitrogens with one attached hydrogen (secondary N) is 1. The van der Waals surface area contributed by atoms with Crippen molar-refractivity contribution >= 4 is 6.09 Å². The number of carbonyl (C=O) groups excluding carboxylic acids is 1. The zero-order valence-electron chi connectivity index (χ0n) is 7.78. The molecule has 82 valence electrons. The van der Waals surface area contributed by atoms with E-state index in [1.807, 2.05) is 0 Å². The first-order valence-corrected chi connectivity index (χ1v) is 4.03. The molecular formula is C8H12F3NO2. The normalized spacial score (nSPS) is 10.9. The molecule has 1 amide bonds. The molecule has 0 unspecified atom stereocenters. The number of amides is 1. The van der Waals surface area contributed by atoms with Gasteiger partial charge >= 0.3 is 12.3 Å². The Morgan fingerprint density at radius 3 is 2.50 bits per heavy atom. The number of alkyl carbamates (subject to hydrolysis) is 1. The molecule has 0 radical (unpaired) electrons. The predicted octanol–water partition coefficient (Wildman–Crippen LogP) is 2.24. The maximum absolute atomic E-state index is 11.9. The van der Waals surface area contributed by atoms with Crippen LogP contribution in [0.25, 0.3) is 0 Å². The molecule has 0 aliphatic carbocycles. The summed E-state index contributed by atoms with van der Waals surface area (Å²) >= 11 is 0. The third-order valence-corrected chi connectivity index (χ3v) is 1.37. The fourth-order valence-corrected chi connectivity index (χ4v) is 0.639. The summed E-state index contributed by atoms with van der Waals surface area (Å²) in [6.45, 7) is 4.52. The number of rotatable bonds is 4. The SMILES string of the molecule is C=C(CCNC(=O)OCC)C(F)(F)F. The highest BCUT2D eigenvalue weighted by Gasteiger charge is 2.31. The Kier molecular flexibility index (Phi) is 5.04. The van der Waals surface area contributed by atoms with E-state index in [-0.39, 0.29) is 19.6 Å². The van der Waals surface area contributed by atoms with E-state index in [4.69, 9.17) is 0 Å². The number of alkyl halides is 3. The second-order valence-electron chi connectivity index (χ2n) is 2.50. The Bertz CT molecular complexity index is 213. The van der Waals surface area contributed by atoms with Crippen molar-refractivity contribution in [2.75, 3.05) is 13.2 Å². The molecule has 0 spiro atoms. The zero-order chi connectivity index (χ0) is 11.2. The molecule has 14 heavy (non-hydrogen) atoms. The van der Waals surface area contributed by atoms with E-state index in [1.165, 1.54) is 0 Å². The van der Waals surface area contributed by atoms with Crippen molar-refractivity contribution in [2.24, 2.45) is 0 Å². The molecule has 0 aliphatic rings. The molecule has 0 saturated heterocycles. The van der Waals surface area contributed by atoms with Crippen molar-refractivity contribution in [3.63, 3.8) is 0 Å². The second kappa shape index (κ2) is 5.51. The highest BCUT2D eigenvalue weighted by Crippen LogP contribution is 2.25. The summed E-state index contributed by atoms with van der Waals surface area (Å²) in [6, 6.07) is 0. The molecule has 0 aromatic rings. The highest BCUT2D eigenvalue weighted by molar-refractivity contribution is 5.66. The van der Waals surface area contributed by atoms with E-state index < -0.39 is 17.8 Å². The first-order chi connectivity index (χ1) is 6.38. The van der Waals surface area contributed by atoms with E-state index in [1.54, 1.807) is 6.92 Å². The Morgan fingerprint density at radius 1 is 1.50 bits per heavy atom. The Labute approximate surface area is 79.9 Å². The minimum atomic E-state index is -4.39. The minimum Gasteiger partial charge on any atom is -0.450 e. The van der Waals surface area contributed by atoms with Gasteiger partial charge in [0.1, 0.15) is 0 Å². The van der Waals surface area contributed by atoms with Crippen molar-refractivity contribution < 1.29 is 22.7 Å². The largest absolute Gasteiger partial charge is 0.450 e. The van der Waals surface area contributed by atoms with Gasteiger partial charge in [-0.1, -0.05) is 6.58 Å². The van der Waals surface area contributed by atoms with Gasteiger partial charge in [0, 0.05) is 12.1 Å². The van der Waals surface area contributed by atoms with Crippen LogP contribution in [0.4, 0.5) is 18.0 Å². The van der Waals surface area contributed by atoms with E-state index in [2.05, 4.69) is 16.6 Å². The number of hydrogen-bond donors (Lipinski definition) is 1. The standard InChI is InChI=1S/C8H12F3NO2/c1-3-14-7(13)12-5-4-6(2)8(9,10)11/h2-5H2,1H3,(H,12,13). The van der Waals surface area contributed by atoms with Crippen molar-refractivity contribution in [3.05, 3.63) is 12.2 Å². The van der Waals surface area contributed by atoms with Crippen LogP contribution >= 0.6 is 0 Å². The summed E-state index contributed by atoms with van der Waals surface area (Å²) in [5.74, 6) is 0. The lowest BCUT2D eigenvalue weighted by Gasteiger charge is -2.10. The van der Waals surface area contributed by atoms with E-state index in [9.17, 15) is 18.0 Å². The van der Waals surface area contributed by atoms with Gasteiger partial charge in [-0.2, -0.15) is 13.2 Å². The third-order valence-electron chi connectivity index (χ3n) is 1.37. The van der Waals surface area contributed by atoms with Crippen molar-refractivity contribution in [1.82, 2.24) is 5.32 Å². The summed E-state index contributed by atoms with van der Waals surface area (Å²) in [4.78, 5) is 10.6. The lowest BCUT2D eigenvalue weighted by Crippen LogP contribution is -2.26. The Balaban J connectivity index is 3.65. The molecule has 0 saturated carbocycles. The molecule has 0 heterocycles. The molecule has 0 atom stereocenters. The van der Waals surface area contributed by atoms with Gasteiger partial charge < -0.3 is 10.1 Å². The van der Waals surface area contributed by atoms with Crippen LogP contribution in [0.1, 0.15) is 13.3 Å². The van der Waals surface area contributed by atoms with E-state index >= 15 is 0 Å². The maximum atomic E-state index is 11.9. The zero-order valence-corrected chi connectivity index (χ0v) is 7.78. The molecule has 0 aromatic carbocycles. The van der Waals surface area contributed by atoms with Crippen molar-refractivity contribution in [3.8, 4) is 0 Å². The van der Waals surface area contributed by atoms with Crippen LogP contribution in [-0.2, 0) is 4.74 Å². The summed E-state index contributed by atoms with van der Waals surface area (Å²) in [7, 11) is 0. The van der Waals surface area contributed by atoms with Crippen LogP contribution in [0.5, 0.6) is 0 Å². The van der Waals surface area contributed by atoms with Crippen LogP contribution in [0.3, 0.4) is 0 Å². The van der Waals surface area contributed by atoms with E-state index in [0.717, 1.165) is 0 Å². The lowest BCUT2D eigenvalue weighted by atomic mass is 10.2. The van der Waals surface area contributed by atoms with Gasteiger partial charge in [-0.25, -0.2) is 4.79 Å². The van der Waals surface area contributed by atoms with Gasteiger partial charge in [-0.3, -0.25) is 0 Å². The predicted molar refractivity (Wildman–Crippen MR) is 44.8 cm³/mol. The molecular weight excluding hydrogens is 199 g/mol. The fraction of sp³-hybridized carbons (Fsp3) is 0.625. The maximum Gasteiger partial charge on any atom is 0.412 e. The van der Waals surface area contributed by atoms with E-state index in [0.29, 0.717) is 0 Å². The van der Waals surface area contributed by atoms with Crippen LogP contribution < -0.4 is 5.32 Å². The van der Waals surface area contributed by atoms with Gasteiger partial charge in [0.2, 0.25) is 0 Å². The average Bonchev–Trinajstić information content (AvgIpc) is 2.02. The molecule has 0 bridgehead atoms. The van der Waals surface area contributed by atoms with Gasteiger partial charge in [-0.05, 0) is 13.3 Å². The van der Waals surface area contributed by atoms with Crippen LogP contribution in [-0.4, -0.2) is 25.4 Å². The minimum absolute atomic E-state index is 0.128. The number of ether oxygens (including phenoxy) is 1. The monoisotopic (exact) mass is 211 g/mol. The molecule has 3 nitrogen and oxygen atoms in total. The molecule has 0 fully saturated rings. The summed E-state index contributed by atoms with van der Waals surface area (Å²) < 4.78 is 40.1. The topological polar surface area (TPSA) is 38.3 Å². The van der Waals surface area contributed by atoms with Crippen molar-refractivity contribution in [2.45, 2.75) is 19.5 Å². The smallest absolute Gasteiger partial charge is 0.412 e. The van der Waals surface area contributed by atoms with Gasteiger partial charge in [0.05, 0.1) is 6.61 Å². The quantitative estimate of drug-likeness (QED) is 0.724. The number of halogens is 3. The molecule has 0 aliphatic heterocycles. The molecule has 1 N–H and O–H groups in total. The van der Waals surface area contributed by atoms with Gasteiger partial charge in [0.25, 0.3) is 0 Å². The number of hydrogen-bond acceptors (Lipinski definition) is 2. The number of carbonyl (C=O) groups is 1. The average molecular weight is 211 g/mol. The first kappa shape index (κ1) is 12.8. The van der Waals surface area contributed by atoms with Crippen LogP contribution in [0, 0.1) is 0 Å². The van der Waals surface area contributed by atoms with Crippen LogP contribution in [0.15, 0.2) is 12.2 Å². The third kappa shape index (κ3) is 5.45. The Morgan fingerprint density at radius 2 is 2.07 bits per heavy atom. The lowest BCUT2D eigenvalue weighted by molar-refractivity contribution is -0.0934. The summed E-state index contributed by atoms with van der Waals surface area (Å²) in [5.41, 5.74) is -0.866. The molecule has 0 rings (SSSR count). The van der Waals surface area contributed by atoms with Gasteiger partial charge in [-0.15, -0.1) is 0 Å². The fourth-order valence-electron chi connectivity index (χ4n) is 0.639. The highest BCUT2D eigenvalue weighted by atomic mass is 19.4. The molecule has 6 heteroatoms. The molecule has 0 aromatic heterocycles. The first-order valence-electron chi connectivity index (χ1n) is 4.03. The van der Waals surface area contributed by atoms with Crippen molar-refractivity contribution in [1.29, 1.82) is 0 Å². The summed E-state index contributed by atoms with van der Waals surface area (Å²) in [5, 5.41) is 2.16. The second-order valence-corrected chi connectivity index (χ2v) is 2.50. The van der Waals surface area contributed by atoms with Crippen LogP contribution in [0.2, 0.25) is 0 Å².